The van der Waals surface area contributed by atoms with Crippen molar-refractivity contribution in [3.05, 3.63) is 29.8 Å². The summed E-state index contributed by atoms with van der Waals surface area (Å²) in [7, 11) is 0. The van der Waals surface area contributed by atoms with E-state index in [1.54, 1.807) is 0 Å². The Bertz CT molecular complexity index is 641. The molecule has 1 aliphatic heterocycles. The van der Waals surface area contributed by atoms with Crippen molar-refractivity contribution in [3.63, 3.8) is 0 Å². The predicted octanol–water partition coefficient (Wildman–Crippen LogP) is 2.86. The van der Waals surface area contributed by atoms with Crippen LogP contribution in [0.2, 0.25) is 0 Å². The lowest BCUT2D eigenvalue weighted by molar-refractivity contribution is -0.116. The Morgan fingerprint density at radius 2 is 2.00 bits per heavy atom. The van der Waals surface area contributed by atoms with Gasteiger partial charge in [0.2, 0.25) is 5.91 Å². The highest BCUT2D eigenvalue weighted by Crippen LogP contribution is 2.32. The molecule has 2 rings (SSSR count). The minimum absolute atomic E-state index is 0.0361. The number of benzene rings is 1. The summed E-state index contributed by atoms with van der Waals surface area (Å²) in [4.78, 5) is 16.8. The van der Waals surface area contributed by atoms with E-state index in [1.165, 1.54) is 0 Å². The minimum Gasteiger partial charge on any atom is -0.396 e. The largest absolute Gasteiger partial charge is 0.396 e. The van der Waals surface area contributed by atoms with Crippen LogP contribution < -0.4 is 16.0 Å². The van der Waals surface area contributed by atoms with Crippen LogP contribution in [0.1, 0.15) is 57.9 Å². The zero-order chi connectivity index (χ0) is 19.7. The molecule has 0 radical (unpaired) electrons. The highest BCUT2D eigenvalue weighted by Gasteiger charge is 2.26. The number of hydrogen-bond acceptors (Lipinski definition) is 3. The van der Waals surface area contributed by atoms with Crippen LogP contribution in [0.15, 0.2) is 29.3 Å². The molecule has 1 amide bonds. The minimum atomic E-state index is 0.0361. The van der Waals surface area contributed by atoms with Crippen LogP contribution in [0.3, 0.4) is 0 Å². The van der Waals surface area contributed by atoms with E-state index in [9.17, 15) is 9.90 Å². The fourth-order valence-corrected chi connectivity index (χ4v) is 3.64. The number of aliphatic hydroxyl groups excluding tert-OH is 1. The molecule has 0 bridgehead atoms. The van der Waals surface area contributed by atoms with Crippen molar-refractivity contribution in [2.75, 3.05) is 31.6 Å². The summed E-state index contributed by atoms with van der Waals surface area (Å²) in [5.41, 5.74) is 2.10. The van der Waals surface area contributed by atoms with Gasteiger partial charge in [-0.15, -0.1) is 0 Å². The van der Waals surface area contributed by atoms with Crippen molar-refractivity contribution in [2.24, 2.45) is 10.4 Å². The second kappa shape index (κ2) is 10.3. The average molecular weight is 375 g/mol. The number of amides is 1. The van der Waals surface area contributed by atoms with Crippen molar-refractivity contribution in [2.45, 2.75) is 52.4 Å². The molecule has 6 heteroatoms. The van der Waals surface area contributed by atoms with Crippen LogP contribution >= 0.6 is 0 Å². The Kier molecular flexibility index (Phi) is 8.10. The number of para-hydroxylation sites is 1. The van der Waals surface area contributed by atoms with Gasteiger partial charge < -0.3 is 21.1 Å². The molecule has 0 fully saturated rings. The lowest BCUT2D eigenvalue weighted by Crippen LogP contribution is -2.41. The Morgan fingerprint density at radius 3 is 2.67 bits per heavy atom. The molecule has 0 spiro atoms. The van der Waals surface area contributed by atoms with Crippen molar-refractivity contribution in [1.82, 2.24) is 10.6 Å². The summed E-state index contributed by atoms with van der Waals surface area (Å²) in [6, 6.07) is 7.97. The third-order valence-corrected chi connectivity index (χ3v) is 5.68. The van der Waals surface area contributed by atoms with Gasteiger partial charge in [-0.05, 0) is 43.2 Å². The molecule has 1 heterocycles. The zero-order valence-corrected chi connectivity index (χ0v) is 16.8. The second-order valence-corrected chi connectivity index (χ2v) is 7.29. The summed E-state index contributed by atoms with van der Waals surface area (Å²) in [6.45, 7) is 8.66. The number of carbonyl (C=O) groups excluding carboxylic acids is 1. The van der Waals surface area contributed by atoms with Crippen LogP contribution in [-0.4, -0.2) is 43.2 Å². The van der Waals surface area contributed by atoms with Gasteiger partial charge in [0, 0.05) is 44.3 Å². The van der Waals surface area contributed by atoms with E-state index < -0.39 is 0 Å². The van der Waals surface area contributed by atoms with Gasteiger partial charge in [-0.1, -0.05) is 32.0 Å². The predicted molar refractivity (Wildman–Crippen MR) is 111 cm³/mol. The van der Waals surface area contributed by atoms with Crippen molar-refractivity contribution in [3.8, 4) is 0 Å². The molecule has 27 heavy (non-hydrogen) atoms. The summed E-state index contributed by atoms with van der Waals surface area (Å²) in [5, 5.41) is 19.1. The highest BCUT2D eigenvalue weighted by molar-refractivity contribution is 5.94. The van der Waals surface area contributed by atoms with Gasteiger partial charge in [-0.3, -0.25) is 9.79 Å². The van der Waals surface area contributed by atoms with E-state index in [0.717, 1.165) is 43.0 Å². The number of carbonyl (C=O) groups is 1. The maximum Gasteiger partial charge on any atom is 0.225 e. The van der Waals surface area contributed by atoms with Gasteiger partial charge >= 0.3 is 0 Å². The molecule has 6 nitrogen and oxygen atoms in total. The van der Waals surface area contributed by atoms with E-state index in [-0.39, 0.29) is 23.8 Å². The maximum atomic E-state index is 12.0. The molecule has 1 unspecified atom stereocenters. The maximum absolute atomic E-state index is 12.0. The zero-order valence-electron chi connectivity index (χ0n) is 16.8. The van der Waals surface area contributed by atoms with Crippen LogP contribution in [0, 0.1) is 5.41 Å². The molecular formula is C21H34N4O2. The second-order valence-electron chi connectivity index (χ2n) is 7.29. The van der Waals surface area contributed by atoms with E-state index in [2.05, 4.69) is 35.9 Å². The van der Waals surface area contributed by atoms with Gasteiger partial charge in [0.15, 0.2) is 5.96 Å². The molecule has 150 valence electrons. The third kappa shape index (κ3) is 5.70. The molecule has 1 atom stereocenters. The first-order valence-electron chi connectivity index (χ1n) is 10.1. The number of aliphatic hydroxyl groups is 1. The number of anilines is 1. The first-order chi connectivity index (χ1) is 13.1. The van der Waals surface area contributed by atoms with Gasteiger partial charge in [-0.2, -0.15) is 0 Å². The Hall–Kier alpha value is -2.08. The molecule has 0 saturated carbocycles. The number of hydrogen-bond donors (Lipinski definition) is 4. The molecular weight excluding hydrogens is 340 g/mol. The Balaban J connectivity index is 2.07. The molecule has 1 aromatic carbocycles. The Morgan fingerprint density at radius 1 is 1.26 bits per heavy atom. The summed E-state index contributed by atoms with van der Waals surface area (Å²) in [5.74, 6) is 0.949. The number of aliphatic imine (C=N–C) groups is 1. The van der Waals surface area contributed by atoms with E-state index >= 15 is 0 Å². The molecule has 0 aromatic heterocycles. The van der Waals surface area contributed by atoms with Crippen molar-refractivity contribution in [1.29, 1.82) is 0 Å². The number of guanidine groups is 1. The van der Waals surface area contributed by atoms with Gasteiger partial charge in [-0.25, -0.2) is 0 Å². The van der Waals surface area contributed by atoms with Gasteiger partial charge in [0.25, 0.3) is 0 Å². The van der Waals surface area contributed by atoms with Gasteiger partial charge in [0.05, 0.1) is 0 Å². The summed E-state index contributed by atoms with van der Waals surface area (Å²) in [6.07, 6.45) is 3.22. The van der Waals surface area contributed by atoms with E-state index in [1.807, 2.05) is 25.1 Å². The van der Waals surface area contributed by atoms with E-state index in [4.69, 9.17) is 4.99 Å². The molecule has 4 N–H and O–H groups in total. The lowest BCUT2D eigenvalue weighted by Gasteiger charge is -2.30. The fourth-order valence-electron chi connectivity index (χ4n) is 3.64. The van der Waals surface area contributed by atoms with Crippen molar-refractivity contribution < 1.29 is 9.90 Å². The molecule has 0 saturated heterocycles. The van der Waals surface area contributed by atoms with Gasteiger partial charge in [0.1, 0.15) is 0 Å². The quantitative estimate of drug-likeness (QED) is 0.395. The van der Waals surface area contributed by atoms with Crippen molar-refractivity contribution >= 4 is 17.6 Å². The van der Waals surface area contributed by atoms with Crippen LogP contribution in [0.4, 0.5) is 5.69 Å². The molecule has 0 aliphatic carbocycles. The smallest absolute Gasteiger partial charge is 0.225 e. The van der Waals surface area contributed by atoms with E-state index in [0.29, 0.717) is 19.5 Å². The highest BCUT2D eigenvalue weighted by atomic mass is 16.3. The first-order valence-corrected chi connectivity index (χ1v) is 10.1. The third-order valence-electron chi connectivity index (χ3n) is 5.68. The van der Waals surface area contributed by atoms with Crippen LogP contribution in [0.5, 0.6) is 0 Å². The number of rotatable bonds is 9. The summed E-state index contributed by atoms with van der Waals surface area (Å²) < 4.78 is 0. The standard InChI is InChI=1S/C21H34N4O2/c1-4-21(5-2,11-12-26)15-24-20(22-6-3)23-14-16-13-19(27)25-18-10-8-7-9-17(16)18/h7-10,16,26H,4-6,11-15H2,1-3H3,(H,25,27)(H2,22,23,24). The monoisotopic (exact) mass is 374 g/mol. The number of fused-ring (bicyclic) bond motifs is 1. The lowest BCUT2D eigenvalue weighted by atomic mass is 9.79. The van der Waals surface area contributed by atoms with Crippen LogP contribution in [0.25, 0.3) is 0 Å². The number of nitrogens with one attached hydrogen (secondary N) is 3. The topological polar surface area (TPSA) is 85.8 Å². The Labute approximate surface area is 162 Å². The first kappa shape index (κ1) is 21.2. The SMILES string of the molecule is CCNC(=NCC(CC)(CC)CCO)NCC1CC(=O)Nc2ccccc21. The number of nitrogens with zero attached hydrogens (tertiary/aromatic N) is 1. The molecule has 1 aromatic rings. The molecule has 1 aliphatic rings. The fraction of sp³-hybridized carbons (Fsp3) is 0.619. The van der Waals surface area contributed by atoms with Crippen LogP contribution in [-0.2, 0) is 4.79 Å². The summed E-state index contributed by atoms with van der Waals surface area (Å²) >= 11 is 0. The normalized spacial score (nSPS) is 17.3. The average Bonchev–Trinajstić information content (AvgIpc) is 2.68.